The minimum absolute atomic E-state index is 0.156. The van der Waals surface area contributed by atoms with Crippen LogP contribution in [0.25, 0.3) is 0 Å². The molecule has 2 aliphatic heterocycles. The first kappa shape index (κ1) is 15.9. The number of nitrogens with zero attached hydrogens (tertiary/aromatic N) is 2. The molecule has 1 saturated carbocycles. The molecular formula is C20H28N2O2. The van der Waals surface area contributed by atoms with E-state index in [1.165, 1.54) is 5.69 Å². The van der Waals surface area contributed by atoms with Crippen LogP contribution in [-0.4, -0.2) is 47.7 Å². The van der Waals surface area contributed by atoms with Crippen LogP contribution in [0.15, 0.2) is 30.3 Å². The van der Waals surface area contributed by atoms with Crippen LogP contribution in [0.1, 0.15) is 44.9 Å². The molecule has 0 aromatic heterocycles. The zero-order valence-corrected chi connectivity index (χ0v) is 14.4. The summed E-state index contributed by atoms with van der Waals surface area (Å²) in [5.41, 5.74) is 1.06. The number of hydrogen-bond donors (Lipinski definition) is 1. The monoisotopic (exact) mass is 328 g/mol. The van der Waals surface area contributed by atoms with Crippen LogP contribution in [0, 0.1) is 5.41 Å². The summed E-state index contributed by atoms with van der Waals surface area (Å²) in [4.78, 5) is 17.8. The highest BCUT2D eigenvalue weighted by Gasteiger charge is 2.50. The number of carbonyl (C=O) groups excluding carboxylic acids is 1. The Bertz CT molecular complexity index is 583. The quantitative estimate of drug-likeness (QED) is 0.908. The first-order valence-corrected chi connectivity index (χ1v) is 9.47. The molecule has 1 atom stereocenters. The Kier molecular flexibility index (Phi) is 4.25. The van der Waals surface area contributed by atoms with E-state index in [4.69, 9.17) is 0 Å². The summed E-state index contributed by atoms with van der Waals surface area (Å²) >= 11 is 0. The fraction of sp³-hybridized carbons (Fsp3) is 0.650. The molecule has 1 aromatic carbocycles. The third kappa shape index (κ3) is 2.81. The number of amides is 1. The maximum absolute atomic E-state index is 13.3. The molecule has 1 amide bonds. The molecule has 1 spiro atoms. The van der Waals surface area contributed by atoms with Crippen LogP contribution in [0.3, 0.4) is 0 Å². The molecule has 3 fully saturated rings. The molecule has 1 aliphatic carbocycles. The Morgan fingerprint density at radius 3 is 2.50 bits per heavy atom. The number of aliphatic hydroxyl groups excluding tert-OH is 1. The van der Waals surface area contributed by atoms with E-state index < -0.39 is 0 Å². The molecule has 1 aromatic rings. The van der Waals surface area contributed by atoms with Crippen molar-refractivity contribution in [3.8, 4) is 0 Å². The lowest BCUT2D eigenvalue weighted by atomic mass is 9.78. The van der Waals surface area contributed by atoms with Gasteiger partial charge in [-0.25, -0.2) is 0 Å². The average Bonchev–Trinajstić information content (AvgIpc) is 2.93. The highest BCUT2D eigenvalue weighted by atomic mass is 16.3. The Labute approximate surface area is 144 Å². The van der Waals surface area contributed by atoms with Gasteiger partial charge in [0.05, 0.1) is 11.5 Å². The largest absolute Gasteiger partial charge is 0.393 e. The summed E-state index contributed by atoms with van der Waals surface area (Å²) in [5, 5.41) is 9.73. The van der Waals surface area contributed by atoms with Crippen LogP contribution < -0.4 is 4.90 Å². The summed E-state index contributed by atoms with van der Waals surface area (Å²) < 4.78 is 0. The summed E-state index contributed by atoms with van der Waals surface area (Å²) in [5.74, 6) is 0.379. The van der Waals surface area contributed by atoms with Crippen molar-refractivity contribution in [2.75, 3.05) is 24.5 Å². The zero-order valence-electron chi connectivity index (χ0n) is 14.4. The highest BCUT2D eigenvalue weighted by molar-refractivity contribution is 5.86. The summed E-state index contributed by atoms with van der Waals surface area (Å²) in [6, 6.07) is 10.9. The Hall–Kier alpha value is -1.55. The fourth-order valence-electron chi connectivity index (χ4n) is 4.94. The van der Waals surface area contributed by atoms with E-state index in [0.717, 1.165) is 64.6 Å². The molecule has 24 heavy (non-hydrogen) atoms. The standard InChI is InChI=1S/C20H28N2O2/c23-18-9-7-17(8-10-18)22-14-12-20(19(22)24)11-4-13-21(15-20)16-5-2-1-3-6-16/h1-3,5-6,17-18,23H,4,7-15H2. The van der Waals surface area contributed by atoms with Crippen molar-refractivity contribution in [3.05, 3.63) is 30.3 Å². The van der Waals surface area contributed by atoms with E-state index in [2.05, 4.69) is 34.1 Å². The number of rotatable bonds is 2. The number of piperidine rings is 1. The number of anilines is 1. The molecule has 4 heteroatoms. The molecule has 4 nitrogen and oxygen atoms in total. The second kappa shape index (κ2) is 6.40. The second-order valence-electron chi connectivity index (χ2n) is 7.85. The SMILES string of the molecule is O=C1N(C2CCC(O)CC2)CCC12CCCN(c1ccccc1)C2. The van der Waals surface area contributed by atoms with Crippen LogP contribution >= 0.6 is 0 Å². The van der Waals surface area contributed by atoms with Gasteiger partial charge in [-0.15, -0.1) is 0 Å². The van der Waals surface area contributed by atoms with Crippen molar-refractivity contribution in [1.29, 1.82) is 0 Å². The highest BCUT2D eigenvalue weighted by Crippen LogP contribution is 2.43. The van der Waals surface area contributed by atoms with Gasteiger partial charge in [0.1, 0.15) is 0 Å². The molecule has 2 heterocycles. The Morgan fingerprint density at radius 2 is 1.75 bits per heavy atom. The van der Waals surface area contributed by atoms with E-state index in [9.17, 15) is 9.90 Å². The van der Waals surface area contributed by atoms with Gasteiger partial charge in [0.2, 0.25) is 5.91 Å². The van der Waals surface area contributed by atoms with Crippen LogP contribution in [0.2, 0.25) is 0 Å². The number of likely N-dealkylation sites (tertiary alicyclic amines) is 1. The summed E-state index contributed by atoms with van der Waals surface area (Å²) in [6.07, 6.45) is 6.58. The van der Waals surface area contributed by atoms with Gasteiger partial charge in [0.25, 0.3) is 0 Å². The minimum Gasteiger partial charge on any atom is -0.393 e. The minimum atomic E-state index is -0.176. The number of aliphatic hydroxyl groups is 1. The van der Waals surface area contributed by atoms with Crippen LogP contribution in [0.4, 0.5) is 5.69 Å². The molecule has 2 saturated heterocycles. The third-order valence-corrected chi connectivity index (χ3v) is 6.35. The van der Waals surface area contributed by atoms with Gasteiger partial charge in [-0.3, -0.25) is 4.79 Å². The topological polar surface area (TPSA) is 43.8 Å². The number of para-hydroxylation sites is 1. The van der Waals surface area contributed by atoms with Gasteiger partial charge in [-0.05, 0) is 57.1 Å². The molecule has 0 bridgehead atoms. The number of carbonyl (C=O) groups is 1. The third-order valence-electron chi connectivity index (χ3n) is 6.35. The average molecular weight is 328 g/mol. The van der Waals surface area contributed by atoms with Crippen molar-refractivity contribution in [2.45, 2.75) is 57.1 Å². The van der Waals surface area contributed by atoms with Gasteiger partial charge in [-0.2, -0.15) is 0 Å². The number of hydrogen-bond acceptors (Lipinski definition) is 3. The summed E-state index contributed by atoms with van der Waals surface area (Å²) in [7, 11) is 0. The lowest BCUT2D eigenvalue weighted by Gasteiger charge is -2.41. The van der Waals surface area contributed by atoms with E-state index >= 15 is 0 Å². The molecule has 0 radical (unpaired) electrons. The van der Waals surface area contributed by atoms with E-state index in [0.29, 0.717) is 11.9 Å². The van der Waals surface area contributed by atoms with Gasteiger partial charge in [0, 0.05) is 31.4 Å². The normalized spacial score (nSPS) is 34.1. The summed E-state index contributed by atoms with van der Waals surface area (Å²) in [6.45, 7) is 2.82. The predicted octanol–water partition coefficient (Wildman–Crippen LogP) is 2.81. The molecule has 1 unspecified atom stereocenters. The van der Waals surface area contributed by atoms with Crippen molar-refractivity contribution >= 4 is 11.6 Å². The molecular weight excluding hydrogens is 300 g/mol. The lowest BCUT2D eigenvalue weighted by molar-refractivity contribution is -0.139. The zero-order chi connectivity index (χ0) is 16.6. The Morgan fingerprint density at radius 1 is 1.00 bits per heavy atom. The first-order valence-electron chi connectivity index (χ1n) is 9.47. The van der Waals surface area contributed by atoms with Crippen molar-refractivity contribution in [1.82, 2.24) is 4.90 Å². The van der Waals surface area contributed by atoms with E-state index in [1.54, 1.807) is 0 Å². The molecule has 3 aliphatic rings. The first-order chi connectivity index (χ1) is 11.7. The van der Waals surface area contributed by atoms with Crippen molar-refractivity contribution < 1.29 is 9.90 Å². The fourth-order valence-corrected chi connectivity index (χ4v) is 4.94. The molecule has 1 N–H and O–H groups in total. The van der Waals surface area contributed by atoms with E-state index in [1.807, 2.05) is 6.07 Å². The second-order valence-corrected chi connectivity index (χ2v) is 7.85. The lowest BCUT2D eigenvalue weighted by Crippen LogP contribution is -2.50. The molecule has 130 valence electrons. The predicted molar refractivity (Wildman–Crippen MR) is 94.9 cm³/mol. The van der Waals surface area contributed by atoms with Gasteiger partial charge in [-0.1, -0.05) is 18.2 Å². The van der Waals surface area contributed by atoms with Gasteiger partial charge < -0.3 is 14.9 Å². The Balaban J connectivity index is 1.48. The van der Waals surface area contributed by atoms with E-state index in [-0.39, 0.29) is 11.5 Å². The smallest absolute Gasteiger partial charge is 0.230 e. The van der Waals surface area contributed by atoms with Crippen molar-refractivity contribution in [3.63, 3.8) is 0 Å². The van der Waals surface area contributed by atoms with Gasteiger partial charge >= 0.3 is 0 Å². The molecule has 4 rings (SSSR count). The van der Waals surface area contributed by atoms with Crippen LogP contribution in [-0.2, 0) is 4.79 Å². The van der Waals surface area contributed by atoms with Gasteiger partial charge in [0.15, 0.2) is 0 Å². The maximum Gasteiger partial charge on any atom is 0.230 e. The maximum atomic E-state index is 13.3. The van der Waals surface area contributed by atoms with Crippen molar-refractivity contribution in [2.24, 2.45) is 5.41 Å². The number of benzene rings is 1. The van der Waals surface area contributed by atoms with Crippen LogP contribution in [0.5, 0.6) is 0 Å².